The third-order valence-corrected chi connectivity index (χ3v) is 4.91. The van der Waals surface area contributed by atoms with Gasteiger partial charge in [0.15, 0.2) is 0 Å². The summed E-state index contributed by atoms with van der Waals surface area (Å²) in [6.07, 6.45) is 6.73. The van der Waals surface area contributed by atoms with E-state index >= 15 is 0 Å². The number of aliphatic hydroxyl groups is 1. The number of likely N-dealkylation sites (tertiary alicyclic amines) is 1. The van der Waals surface area contributed by atoms with Gasteiger partial charge in [0.05, 0.1) is 12.1 Å². The lowest BCUT2D eigenvalue weighted by Gasteiger charge is -2.43. The van der Waals surface area contributed by atoms with E-state index in [0.717, 1.165) is 25.7 Å². The zero-order chi connectivity index (χ0) is 15.5. The van der Waals surface area contributed by atoms with E-state index in [4.69, 9.17) is 4.74 Å². The number of piperidine rings is 1. The Hall–Kier alpha value is -0.940. The van der Waals surface area contributed by atoms with Gasteiger partial charge in [0.2, 0.25) is 11.8 Å². The first-order chi connectivity index (χ1) is 9.87. The predicted molar refractivity (Wildman–Crippen MR) is 78.6 cm³/mol. The Labute approximate surface area is 126 Å². The Balaban J connectivity index is 2.00. The first-order valence-electron chi connectivity index (χ1n) is 7.92. The van der Waals surface area contributed by atoms with E-state index in [9.17, 15) is 14.7 Å². The third-order valence-electron chi connectivity index (χ3n) is 4.91. The summed E-state index contributed by atoms with van der Waals surface area (Å²) < 4.78 is 4.96. The highest BCUT2D eigenvalue weighted by Gasteiger charge is 2.45. The highest BCUT2D eigenvalue weighted by atomic mass is 16.5. The van der Waals surface area contributed by atoms with Gasteiger partial charge in [-0.3, -0.25) is 14.5 Å². The maximum Gasteiger partial charge on any atom is 0.229 e. The topological polar surface area (TPSA) is 66.8 Å². The van der Waals surface area contributed by atoms with Crippen LogP contribution >= 0.6 is 0 Å². The number of carbonyl (C=O) groups excluding carboxylic acids is 2. The first-order valence-corrected chi connectivity index (χ1v) is 7.92. The number of carbonyl (C=O) groups is 2. The minimum Gasteiger partial charge on any atom is -0.388 e. The molecule has 21 heavy (non-hydrogen) atoms. The number of hydrogen-bond acceptors (Lipinski definition) is 4. The van der Waals surface area contributed by atoms with Gasteiger partial charge in [-0.1, -0.05) is 19.3 Å². The maximum absolute atomic E-state index is 12.4. The number of rotatable bonds is 5. The molecule has 0 aromatic carbocycles. The van der Waals surface area contributed by atoms with Crippen LogP contribution in [0.1, 0.15) is 58.3 Å². The molecule has 1 atom stereocenters. The van der Waals surface area contributed by atoms with Crippen molar-refractivity contribution in [3.8, 4) is 0 Å². The van der Waals surface area contributed by atoms with Crippen molar-refractivity contribution in [1.82, 2.24) is 4.90 Å². The van der Waals surface area contributed by atoms with Crippen molar-refractivity contribution in [3.05, 3.63) is 0 Å². The van der Waals surface area contributed by atoms with Crippen molar-refractivity contribution < 1.29 is 19.4 Å². The molecule has 1 aliphatic carbocycles. The molecule has 0 aromatic heterocycles. The highest BCUT2D eigenvalue weighted by Crippen LogP contribution is 2.45. The van der Waals surface area contributed by atoms with Gasteiger partial charge in [-0.05, 0) is 25.2 Å². The number of nitrogens with zero attached hydrogens (tertiary/aromatic N) is 1. The molecule has 2 aliphatic rings. The Bertz CT molecular complexity index is 379. The summed E-state index contributed by atoms with van der Waals surface area (Å²) in [4.78, 5) is 26.0. The van der Waals surface area contributed by atoms with Crippen LogP contribution in [0.25, 0.3) is 0 Å². The lowest BCUT2D eigenvalue weighted by molar-refractivity contribution is -0.159. The van der Waals surface area contributed by atoms with Crippen LogP contribution in [0.5, 0.6) is 0 Å². The Morgan fingerprint density at radius 1 is 1.19 bits per heavy atom. The van der Waals surface area contributed by atoms with E-state index in [1.54, 1.807) is 14.0 Å². The van der Waals surface area contributed by atoms with Crippen LogP contribution < -0.4 is 0 Å². The van der Waals surface area contributed by atoms with Crippen molar-refractivity contribution in [2.24, 2.45) is 5.41 Å². The summed E-state index contributed by atoms with van der Waals surface area (Å²) in [6.45, 7) is 2.13. The smallest absolute Gasteiger partial charge is 0.229 e. The SMILES string of the molecule is COCCC(C)(O)CN1C(=O)CC2(CCCCC2)CC1=O. The number of imide groups is 1. The van der Waals surface area contributed by atoms with Gasteiger partial charge >= 0.3 is 0 Å². The molecule has 5 nitrogen and oxygen atoms in total. The van der Waals surface area contributed by atoms with E-state index in [2.05, 4.69) is 0 Å². The van der Waals surface area contributed by atoms with E-state index in [1.165, 1.54) is 11.3 Å². The van der Waals surface area contributed by atoms with Gasteiger partial charge in [0.25, 0.3) is 0 Å². The zero-order valence-corrected chi connectivity index (χ0v) is 13.2. The fourth-order valence-electron chi connectivity index (χ4n) is 3.61. The van der Waals surface area contributed by atoms with Crippen molar-refractivity contribution in [2.75, 3.05) is 20.3 Å². The maximum atomic E-state index is 12.4. The largest absolute Gasteiger partial charge is 0.388 e. The van der Waals surface area contributed by atoms with Crippen molar-refractivity contribution >= 4 is 11.8 Å². The number of amides is 2. The highest BCUT2D eigenvalue weighted by molar-refractivity contribution is 5.98. The van der Waals surface area contributed by atoms with Gasteiger partial charge in [-0.15, -0.1) is 0 Å². The molecule has 0 radical (unpaired) electrons. The molecule has 0 aromatic rings. The van der Waals surface area contributed by atoms with Crippen LogP contribution in [0.4, 0.5) is 0 Å². The molecule has 1 saturated heterocycles. The van der Waals surface area contributed by atoms with E-state index < -0.39 is 5.60 Å². The predicted octanol–water partition coefficient (Wildman–Crippen LogP) is 1.87. The van der Waals surface area contributed by atoms with Gasteiger partial charge < -0.3 is 9.84 Å². The average molecular weight is 297 g/mol. The molecule has 1 unspecified atom stereocenters. The Morgan fingerprint density at radius 3 is 2.29 bits per heavy atom. The summed E-state index contributed by atoms with van der Waals surface area (Å²) in [5, 5.41) is 10.3. The number of ether oxygens (including phenoxy) is 1. The lowest BCUT2D eigenvalue weighted by atomic mass is 9.67. The van der Waals surface area contributed by atoms with Gasteiger partial charge in [-0.25, -0.2) is 0 Å². The molecule has 2 rings (SSSR count). The fraction of sp³-hybridized carbons (Fsp3) is 0.875. The first kappa shape index (κ1) is 16.4. The second-order valence-electron chi connectivity index (χ2n) is 7.03. The van der Waals surface area contributed by atoms with E-state index in [1.807, 2.05) is 0 Å². The van der Waals surface area contributed by atoms with Gasteiger partial charge in [0.1, 0.15) is 0 Å². The van der Waals surface area contributed by atoms with E-state index in [-0.39, 0.29) is 23.8 Å². The van der Waals surface area contributed by atoms with Gasteiger partial charge in [-0.2, -0.15) is 0 Å². The minimum absolute atomic E-state index is 0.0735. The summed E-state index contributed by atoms with van der Waals surface area (Å²) in [5.74, 6) is -0.239. The van der Waals surface area contributed by atoms with Crippen LogP contribution in [-0.4, -0.2) is 47.7 Å². The van der Waals surface area contributed by atoms with E-state index in [0.29, 0.717) is 25.9 Å². The molecule has 1 N–H and O–H groups in total. The monoisotopic (exact) mass is 297 g/mol. The van der Waals surface area contributed by atoms with Crippen LogP contribution in [0.15, 0.2) is 0 Å². The molecule has 5 heteroatoms. The number of methoxy groups -OCH3 is 1. The Morgan fingerprint density at radius 2 is 1.76 bits per heavy atom. The van der Waals surface area contributed by atoms with Crippen LogP contribution in [-0.2, 0) is 14.3 Å². The standard InChI is InChI=1S/C16H27NO4/c1-15(20,8-9-21-2)12-17-13(18)10-16(11-14(17)19)6-4-3-5-7-16/h20H,3-12H2,1-2H3. The lowest BCUT2D eigenvalue weighted by Crippen LogP contribution is -2.53. The van der Waals surface area contributed by atoms with Crippen molar-refractivity contribution in [2.45, 2.75) is 63.9 Å². The number of hydrogen-bond donors (Lipinski definition) is 1. The average Bonchev–Trinajstić information content (AvgIpc) is 2.42. The molecule has 120 valence electrons. The molecule has 2 amide bonds. The summed E-state index contributed by atoms with van der Waals surface area (Å²) in [5.41, 5.74) is -1.18. The Kier molecular flexibility index (Phi) is 5.04. The summed E-state index contributed by atoms with van der Waals surface area (Å²) in [6, 6.07) is 0. The van der Waals surface area contributed by atoms with Crippen LogP contribution in [0.2, 0.25) is 0 Å². The second-order valence-corrected chi connectivity index (χ2v) is 7.03. The normalized spacial score (nSPS) is 25.2. The quantitative estimate of drug-likeness (QED) is 0.787. The zero-order valence-electron chi connectivity index (χ0n) is 13.2. The molecule has 1 saturated carbocycles. The summed E-state index contributed by atoms with van der Waals surface area (Å²) >= 11 is 0. The second kappa shape index (κ2) is 6.44. The molecular formula is C16H27NO4. The van der Waals surface area contributed by atoms with Crippen LogP contribution in [0.3, 0.4) is 0 Å². The third kappa shape index (κ3) is 4.04. The minimum atomic E-state index is -1.08. The molecule has 1 spiro atoms. The van der Waals surface area contributed by atoms with Crippen molar-refractivity contribution in [3.63, 3.8) is 0 Å². The molecule has 1 heterocycles. The molecule has 1 aliphatic heterocycles. The number of β-amino-alcohol motifs (C(OH)–C–C–N with tert-alkyl or cyclic N) is 1. The summed E-state index contributed by atoms with van der Waals surface area (Å²) in [7, 11) is 1.57. The molecule has 0 bridgehead atoms. The van der Waals surface area contributed by atoms with Gasteiger partial charge in [0, 0.05) is 33.0 Å². The fourth-order valence-corrected chi connectivity index (χ4v) is 3.61. The van der Waals surface area contributed by atoms with Crippen molar-refractivity contribution in [1.29, 1.82) is 0 Å². The molecular weight excluding hydrogens is 270 g/mol. The molecule has 2 fully saturated rings. The van der Waals surface area contributed by atoms with Crippen LogP contribution in [0, 0.1) is 5.41 Å².